The summed E-state index contributed by atoms with van der Waals surface area (Å²) in [5.74, 6) is 0. The molecular weight excluding hydrogens is 336 g/mol. The van der Waals surface area contributed by atoms with Gasteiger partial charge in [-0.05, 0) is 44.9 Å². The largest absolute Gasteiger partial charge is 0.308 e. The number of rotatable bonds is 3. The van der Waals surface area contributed by atoms with Crippen LogP contribution in [-0.2, 0) is 6.54 Å². The molecule has 1 heterocycles. The molecule has 0 amide bonds. The van der Waals surface area contributed by atoms with E-state index in [2.05, 4.69) is 66.0 Å². The lowest BCUT2D eigenvalue weighted by atomic mass is 9.88. The van der Waals surface area contributed by atoms with E-state index < -0.39 is 0 Å². The topological polar surface area (TPSA) is 15.3 Å². The minimum Gasteiger partial charge on any atom is -0.308 e. The first-order valence-electron chi connectivity index (χ1n) is 7.20. The standard InChI is InChI=1S/C16H24BrClN2/c1-5-16(4)11-20(15(2,3)10-19-16)9-12-6-7-13(17)8-14(12)18/h6-8,19H,5,9-11H2,1-4H3. The Morgan fingerprint density at radius 2 is 2.05 bits per heavy atom. The van der Waals surface area contributed by atoms with Crippen molar-refractivity contribution in [2.75, 3.05) is 13.1 Å². The molecule has 4 heteroatoms. The van der Waals surface area contributed by atoms with Crippen molar-refractivity contribution in [3.05, 3.63) is 33.3 Å². The summed E-state index contributed by atoms with van der Waals surface area (Å²) < 4.78 is 1.03. The second kappa shape index (κ2) is 5.96. The highest BCUT2D eigenvalue weighted by atomic mass is 79.9. The molecule has 1 N–H and O–H groups in total. The van der Waals surface area contributed by atoms with Crippen molar-refractivity contribution in [3.8, 4) is 0 Å². The molecule has 0 saturated carbocycles. The summed E-state index contributed by atoms with van der Waals surface area (Å²) >= 11 is 9.84. The lowest BCUT2D eigenvalue weighted by Crippen LogP contribution is -2.66. The van der Waals surface area contributed by atoms with Gasteiger partial charge in [0.25, 0.3) is 0 Å². The van der Waals surface area contributed by atoms with Gasteiger partial charge in [-0.2, -0.15) is 0 Å². The zero-order valence-electron chi connectivity index (χ0n) is 12.8. The molecule has 1 fully saturated rings. The molecule has 112 valence electrons. The van der Waals surface area contributed by atoms with Gasteiger partial charge < -0.3 is 5.32 Å². The minimum atomic E-state index is 0.144. The van der Waals surface area contributed by atoms with Crippen LogP contribution < -0.4 is 5.32 Å². The van der Waals surface area contributed by atoms with Crippen molar-refractivity contribution in [3.63, 3.8) is 0 Å². The molecule has 0 radical (unpaired) electrons. The number of nitrogens with zero attached hydrogens (tertiary/aromatic N) is 1. The average Bonchev–Trinajstić information content (AvgIpc) is 2.38. The summed E-state index contributed by atoms with van der Waals surface area (Å²) in [6, 6.07) is 6.16. The molecule has 0 aliphatic carbocycles. The van der Waals surface area contributed by atoms with E-state index in [0.717, 1.165) is 35.6 Å². The second-order valence-electron chi connectivity index (χ2n) is 6.67. The van der Waals surface area contributed by atoms with Gasteiger partial charge in [0.2, 0.25) is 0 Å². The predicted molar refractivity (Wildman–Crippen MR) is 90.3 cm³/mol. The van der Waals surface area contributed by atoms with Gasteiger partial charge >= 0.3 is 0 Å². The SMILES string of the molecule is CCC1(C)CN(Cc2ccc(Br)cc2Cl)C(C)(C)CN1. The van der Waals surface area contributed by atoms with Crippen LogP contribution in [-0.4, -0.2) is 29.1 Å². The third-order valence-electron chi connectivity index (χ3n) is 4.50. The number of benzene rings is 1. The van der Waals surface area contributed by atoms with E-state index in [0.29, 0.717) is 0 Å². The van der Waals surface area contributed by atoms with Crippen LogP contribution in [0.5, 0.6) is 0 Å². The molecule has 2 rings (SSSR count). The Morgan fingerprint density at radius 1 is 1.35 bits per heavy atom. The zero-order valence-corrected chi connectivity index (χ0v) is 15.1. The van der Waals surface area contributed by atoms with Crippen molar-refractivity contribution in [2.24, 2.45) is 0 Å². The summed E-state index contributed by atoms with van der Waals surface area (Å²) in [5, 5.41) is 4.53. The third-order valence-corrected chi connectivity index (χ3v) is 5.35. The van der Waals surface area contributed by atoms with E-state index in [9.17, 15) is 0 Å². The number of nitrogens with one attached hydrogen (secondary N) is 1. The fourth-order valence-electron chi connectivity index (χ4n) is 2.59. The van der Waals surface area contributed by atoms with E-state index in [-0.39, 0.29) is 11.1 Å². The van der Waals surface area contributed by atoms with Gasteiger partial charge in [0.05, 0.1) is 0 Å². The molecule has 1 aromatic rings. The molecule has 1 aromatic carbocycles. The number of piperazine rings is 1. The maximum Gasteiger partial charge on any atom is 0.0462 e. The Kier molecular flexibility index (Phi) is 4.85. The van der Waals surface area contributed by atoms with E-state index in [1.807, 2.05) is 6.07 Å². The number of hydrogen-bond acceptors (Lipinski definition) is 2. The van der Waals surface area contributed by atoms with Crippen molar-refractivity contribution in [1.29, 1.82) is 0 Å². The fraction of sp³-hybridized carbons (Fsp3) is 0.625. The summed E-state index contributed by atoms with van der Waals surface area (Å²) in [4.78, 5) is 2.54. The lowest BCUT2D eigenvalue weighted by molar-refractivity contribution is 0.0246. The van der Waals surface area contributed by atoms with Crippen LogP contribution in [0.2, 0.25) is 5.02 Å². The molecule has 2 nitrogen and oxygen atoms in total. The lowest BCUT2D eigenvalue weighted by Gasteiger charge is -2.51. The first-order chi connectivity index (χ1) is 9.26. The van der Waals surface area contributed by atoms with Crippen molar-refractivity contribution < 1.29 is 0 Å². The quantitative estimate of drug-likeness (QED) is 0.857. The maximum atomic E-state index is 6.37. The minimum absolute atomic E-state index is 0.144. The van der Waals surface area contributed by atoms with Crippen molar-refractivity contribution >= 4 is 27.5 Å². The van der Waals surface area contributed by atoms with Crippen LogP contribution in [0.1, 0.15) is 39.7 Å². The van der Waals surface area contributed by atoms with Crippen molar-refractivity contribution in [2.45, 2.75) is 51.7 Å². The van der Waals surface area contributed by atoms with Gasteiger partial charge in [0.1, 0.15) is 0 Å². The van der Waals surface area contributed by atoms with Crippen LogP contribution >= 0.6 is 27.5 Å². The fourth-order valence-corrected chi connectivity index (χ4v) is 3.33. The monoisotopic (exact) mass is 358 g/mol. The molecule has 20 heavy (non-hydrogen) atoms. The van der Waals surface area contributed by atoms with E-state index >= 15 is 0 Å². The van der Waals surface area contributed by atoms with Crippen LogP contribution in [0.3, 0.4) is 0 Å². The normalized spacial score (nSPS) is 26.7. The molecule has 1 saturated heterocycles. The van der Waals surface area contributed by atoms with Crippen LogP contribution in [0.25, 0.3) is 0 Å². The van der Waals surface area contributed by atoms with E-state index in [1.165, 1.54) is 5.56 Å². The Morgan fingerprint density at radius 3 is 2.65 bits per heavy atom. The van der Waals surface area contributed by atoms with Crippen LogP contribution in [0.15, 0.2) is 22.7 Å². The molecule has 0 aromatic heterocycles. The highest BCUT2D eigenvalue weighted by Gasteiger charge is 2.39. The first-order valence-corrected chi connectivity index (χ1v) is 8.37. The van der Waals surface area contributed by atoms with Gasteiger partial charge in [0.15, 0.2) is 0 Å². The maximum absolute atomic E-state index is 6.37. The first kappa shape index (κ1) is 16.3. The van der Waals surface area contributed by atoms with Crippen molar-refractivity contribution in [1.82, 2.24) is 10.2 Å². The summed E-state index contributed by atoms with van der Waals surface area (Å²) in [5.41, 5.74) is 1.53. The van der Waals surface area contributed by atoms with Gasteiger partial charge in [-0.25, -0.2) is 0 Å². The molecule has 1 unspecified atom stereocenters. The Balaban J connectivity index is 2.20. The Hall–Kier alpha value is -0.0900. The smallest absolute Gasteiger partial charge is 0.0462 e. The number of halogens is 2. The summed E-state index contributed by atoms with van der Waals surface area (Å²) in [6.07, 6.45) is 1.13. The van der Waals surface area contributed by atoms with Crippen LogP contribution in [0.4, 0.5) is 0 Å². The molecule has 1 aliphatic rings. The predicted octanol–water partition coefficient (Wildman–Crippen LogP) is 4.46. The molecule has 0 bridgehead atoms. The highest BCUT2D eigenvalue weighted by Crippen LogP contribution is 2.30. The Labute approximate surface area is 136 Å². The average molecular weight is 360 g/mol. The summed E-state index contributed by atoms with van der Waals surface area (Å²) in [6.45, 7) is 12.1. The number of hydrogen-bond donors (Lipinski definition) is 1. The van der Waals surface area contributed by atoms with Gasteiger partial charge in [-0.15, -0.1) is 0 Å². The Bertz CT molecular complexity index is 489. The second-order valence-corrected chi connectivity index (χ2v) is 7.99. The van der Waals surface area contributed by atoms with Crippen LogP contribution in [0, 0.1) is 0 Å². The van der Waals surface area contributed by atoms with E-state index in [1.54, 1.807) is 0 Å². The molecule has 0 spiro atoms. The highest BCUT2D eigenvalue weighted by molar-refractivity contribution is 9.10. The zero-order chi connectivity index (χ0) is 15.0. The molecule has 1 atom stereocenters. The van der Waals surface area contributed by atoms with Gasteiger partial charge in [-0.1, -0.05) is 40.5 Å². The molecule has 1 aliphatic heterocycles. The van der Waals surface area contributed by atoms with Gasteiger partial charge in [0, 0.05) is 40.2 Å². The third kappa shape index (κ3) is 3.56. The van der Waals surface area contributed by atoms with Gasteiger partial charge in [-0.3, -0.25) is 4.90 Å². The molecular formula is C16H24BrClN2. The summed E-state index contributed by atoms with van der Waals surface area (Å²) in [7, 11) is 0. The van der Waals surface area contributed by atoms with E-state index in [4.69, 9.17) is 11.6 Å².